The van der Waals surface area contributed by atoms with Gasteiger partial charge in [0.1, 0.15) is 0 Å². The van der Waals surface area contributed by atoms with Crippen molar-refractivity contribution >= 4 is 22.7 Å². The number of nitrogens with two attached hydrogens (primary N) is 2. The van der Waals surface area contributed by atoms with Crippen LogP contribution in [0.5, 0.6) is 0 Å². The molecule has 0 fully saturated rings. The summed E-state index contributed by atoms with van der Waals surface area (Å²) in [7, 11) is 0. The van der Waals surface area contributed by atoms with Crippen LogP contribution in [0.4, 0.5) is 22.7 Å². The lowest BCUT2D eigenvalue weighted by molar-refractivity contribution is -0.385. The Morgan fingerprint density at radius 1 is 1.00 bits per heavy atom. The van der Waals surface area contributed by atoms with Crippen molar-refractivity contribution < 1.29 is 19.7 Å². The molecular formula is C17H20N4O6. The molecule has 0 aliphatic carbocycles. The Hall–Kier alpha value is -3.50. The molecule has 0 saturated carbocycles. The number of hydrogen-bond acceptors (Lipinski definition) is 8. The molecule has 2 aromatic carbocycles. The number of nitrogen functional groups attached to an aromatic ring is 2. The molecule has 0 spiro atoms. The lowest BCUT2D eigenvalue weighted by Gasteiger charge is -2.04. The number of non-ortho nitro benzene ring substituents is 2. The van der Waals surface area contributed by atoms with E-state index in [0.717, 1.165) is 5.56 Å². The van der Waals surface area contributed by atoms with Crippen LogP contribution in [0.1, 0.15) is 11.1 Å². The second-order valence-electron chi connectivity index (χ2n) is 5.24. The number of nitrogens with zero attached hydrogens (tertiary/aromatic N) is 2. The van der Waals surface area contributed by atoms with Gasteiger partial charge >= 0.3 is 0 Å². The van der Waals surface area contributed by atoms with Crippen molar-refractivity contribution in [1.29, 1.82) is 0 Å². The molecule has 10 heteroatoms. The number of nitro groups is 2. The maximum Gasteiger partial charge on any atom is 0.271 e. The van der Waals surface area contributed by atoms with Crippen LogP contribution >= 0.6 is 0 Å². The zero-order valence-electron chi connectivity index (χ0n) is 14.4. The van der Waals surface area contributed by atoms with E-state index in [9.17, 15) is 20.2 Å². The van der Waals surface area contributed by atoms with Gasteiger partial charge in [0.05, 0.1) is 29.7 Å². The number of hydrogen-bond donors (Lipinski definition) is 3. The van der Waals surface area contributed by atoms with Gasteiger partial charge in [-0.05, 0) is 12.1 Å². The largest absolute Gasteiger partial charge is 0.398 e. The van der Waals surface area contributed by atoms with E-state index in [4.69, 9.17) is 21.3 Å². The highest BCUT2D eigenvalue weighted by molar-refractivity contribution is 5.54. The summed E-state index contributed by atoms with van der Waals surface area (Å²) in [5.74, 6) is 0. The van der Waals surface area contributed by atoms with Crippen LogP contribution in [0.2, 0.25) is 0 Å². The van der Waals surface area contributed by atoms with Crippen LogP contribution < -0.4 is 11.5 Å². The van der Waals surface area contributed by atoms with Crippen molar-refractivity contribution in [1.82, 2.24) is 0 Å². The highest BCUT2D eigenvalue weighted by atomic mass is 16.6. The van der Waals surface area contributed by atoms with Gasteiger partial charge < -0.3 is 21.3 Å². The van der Waals surface area contributed by atoms with Crippen molar-refractivity contribution in [2.24, 2.45) is 0 Å². The normalized spacial score (nSPS) is 9.81. The van der Waals surface area contributed by atoms with E-state index < -0.39 is 9.85 Å². The summed E-state index contributed by atoms with van der Waals surface area (Å²) in [5, 5.41) is 29.4. The number of nitro benzene ring substituents is 2. The van der Waals surface area contributed by atoms with Crippen LogP contribution in [0.15, 0.2) is 49.1 Å². The van der Waals surface area contributed by atoms with Crippen LogP contribution in [0, 0.1) is 20.2 Å². The lowest BCUT2D eigenvalue weighted by atomic mass is 10.2. The average molecular weight is 376 g/mol. The molecule has 27 heavy (non-hydrogen) atoms. The molecule has 0 aromatic heterocycles. The van der Waals surface area contributed by atoms with Crippen molar-refractivity contribution in [3.05, 3.63) is 80.4 Å². The van der Waals surface area contributed by atoms with Crippen molar-refractivity contribution in [3.8, 4) is 0 Å². The fourth-order valence-electron chi connectivity index (χ4n) is 1.92. The SMILES string of the molecule is C=CCOCc1ccc([N+](=O)[O-])cc1N.Nc1cc([N+](=O)[O-])ccc1CO. The summed E-state index contributed by atoms with van der Waals surface area (Å²) in [6.07, 6.45) is 1.63. The van der Waals surface area contributed by atoms with Gasteiger partial charge in [-0.2, -0.15) is 0 Å². The summed E-state index contributed by atoms with van der Waals surface area (Å²) in [5.41, 5.74) is 12.8. The van der Waals surface area contributed by atoms with Crippen LogP contribution in [0.25, 0.3) is 0 Å². The summed E-state index contributed by atoms with van der Waals surface area (Å²) < 4.78 is 5.18. The van der Waals surface area contributed by atoms with E-state index in [1.165, 1.54) is 30.3 Å². The third-order valence-electron chi connectivity index (χ3n) is 3.34. The topological polar surface area (TPSA) is 168 Å². The Morgan fingerprint density at radius 2 is 1.48 bits per heavy atom. The third-order valence-corrected chi connectivity index (χ3v) is 3.34. The molecule has 0 aliphatic heterocycles. The zero-order valence-corrected chi connectivity index (χ0v) is 14.4. The van der Waals surface area contributed by atoms with E-state index in [2.05, 4.69) is 6.58 Å². The molecule has 2 rings (SSSR count). The number of ether oxygens (including phenoxy) is 1. The Balaban J connectivity index is 0.000000277. The highest BCUT2D eigenvalue weighted by Crippen LogP contribution is 2.20. The van der Waals surface area contributed by atoms with Gasteiger partial charge in [0.25, 0.3) is 11.4 Å². The van der Waals surface area contributed by atoms with Crippen LogP contribution in [0.3, 0.4) is 0 Å². The van der Waals surface area contributed by atoms with Gasteiger partial charge in [0.2, 0.25) is 0 Å². The molecule has 0 saturated heterocycles. The van der Waals surface area contributed by atoms with Gasteiger partial charge in [-0.15, -0.1) is 6.58 Å². The summed E-state index contributed by atoms with van der Waals surface area (Å²) in [6, 6.07) is 8.30. The quantitative estimate of drug-likeness (QED) is 0.218. The fourth-order valence-corrected chi connectivity index (χ4v) is 1.92. The molecule has 5 N–H and O–H groups in total. The summed E-state index contributed by atoms with van der Waals surface area (Å²) in [4.78, 5) is 19.7. The molecule has 0 unspecified atom stereocenters. The third kappa shape index (κ3) is 6.72. The highest BCUT2D eigenvalue weighted by Gasteiger charge is 2.08. The van der Waals surface area contributed by atoms with Gasteiger partial charge in [-0.25, -0.2) is 0 Å². The second kappa shape index (κ2) is 10.5. The first kappa shape index (κ1) is 21.5. The lowest BCUT2D eigenvalue weighted by Crippen LogP contribution is -1.99. The van der Waals surface area contributed by atoms with Crippen LogP contribution in [-0.2, 0) is 18.0 Å². The van der Waals surface area contributed by atoms with Gasteiger partial charge in [-0.1, -0.05) is 6.08 Å². The molecule has 0 heterocycles. The second-order valence-corrected chi connectivity index (χ2v) is 5.24. The minimum Gasteiger partial charge on any atom is -0.398 e. The Morgan fingerprint density at radius 3 is 1.85 bits per heavy atom. The van der Waals surface area contributed by atoms with Crippen molar-refractivity contribution in [3.63, 3.8) is 0 Å². The standard InChI is InChI=1S/C10H12N2O3.C7H8N2O3/c1-2-5-15-7-8-3-4-9(12(13)14)6-10(8)11;8-7-3-6(9(11)12)2-1-5(7)4-10/h2-4,6H,1,5,7,11H2;1-3,10H,4,8H2. The zero-order chi connectivity index (χ0) is 20.4. The smallest absolute Gasteiger partial charge is 0.271 e. The van der Waals surface area contributed by atoms with Gasteiger partial charge in [-0.3, -0.25) is 20.2 Å². The van der Waals surface area contributed by atoms with Crippen molar-refractivity contribution in [2.75, 3.05) is 18.1 Å². The summed E-state index contributed by atoms with van der Waals surface area (Å²) >= 11 is 0. The summed E-state index contributed by atoms with van der Waals surface area (Å²) in [6.45, 7) is 4.06. The van der Waals surface area contributed by atoms with Gasteiger partial charge in [0.15, 0.2) is 0 Å². The van der Waals surface area contributed by atoms with Crippen LogP contribution in [-0.4, -0.2) is 21.6 Å². The molecule has 0 amide bonds. The minimum absolute atomic E-state index is 0.0139. The minimum atomic E-state index is -0.530. The molecule has 144 valence electrons. The fraction of sp³-hybridized carbons (Fsp3) is 0.176. The van der Waals surface area contributed by atoms with E-state index in [1.807, 2.05) is 0 Å². The first-order chi connectivity index (χ1) is 12.8. The first-order valence-electron chi connectivity index (χ1n) is 7.65. The maximum atomic E-state index is 10.4. The first-order valence-corrected chi connectivity index (χ1v) is 7.65. The molecule has 0 atom stereocenters. The molecule has 0 aliphatic rings. The number of benzene rings is 2. The van der Waals surface area contributed by atoms with Gasteiger partial charge in [0, 0.05) is 46.8 Å². The van der Waals surface area contributed by atoms with E-state index >= 15 is 0 Å². The molecule has 0 radical (unpaired) electrons. The molecule has 10 nitrogen and oxygen atoms in total. The Kier molecular flexibility index (Phi) is 8.36. The molecule has 0 bridgehead atoms. The monoisotopic (exact) mass is 376 g/mol. The van der Waals surface area contributed by atoms with E-state index in [0.29, 0.717) is 24.5 Å². The van der Waals surface area contributed by atoms with E-state index in [-0.39, 0.29) is 23.7 Å². The average Bonchev–Trinajstić information content (AvgIpc) is 2.63. The number of anilines is 2. The predicted molar refractivity (Wildman–Crippen MR) is 101 cm³/mol. The van der Waals surface area contributed by atoms with E-state index in [1.54, 1.807) is 12.1 Å². The maximum absolute atomic E-state index is 10.4. The Labute approximate surface area is 155 Å². The predicted octanol–water partition coefficient (Wildman–Crippen LogP) is 2.55. The molecular weight excluding hydrogens is 356 g/mol. The number of rotatable bonds is 7. The molecule has 2 aromatic rings. The Bertz CT molecular complexity index is 825. The van der Waals surface area contributed by atoms with Crippen molar-refractivity contribution in [2.45, 2.75) is 13.2 Å². The number of aliphatic hydroxyl groups excluding tert-OH is 1. The number of aliphatic hydroxyl groups is 1.